The van der Waals surface area contributed by atoms with Gasteiger partial charge < -0.3 is 4.57 Å². The van der Waals surface area contributed by atoms with E-state index in [4.69, 9.17) is 4.98 Å². The van der Waals surface area contributed by atoms with Crippen molar-refractivity contribution in [1.29, 1.82) is 0 Å². The van der Waals surface area contributed by atoms with Crippen molar-refractivity contribution in [1.82, 2.24) is 9.55 Å². The molecular formula is C13H21BrN2. The number of imidazole rings is 1. The van der Waals surface area contributed by atoms with Gasteiger partial charge >= 0.3 is 0 Å². The van der Waals surface area contributed by atoms with Gasteiger partial charge in [-0.1, -0.05) is 27.7 Å². The molecule has 1 aliphatic heterocycles. The molecule has 90 valence electrons. The van der Waals surface area contributed by atoms with Crippen LogP contribution in [-0.4, -0.2) is 9.55 Å². The molecule has 0 spiro atoms. The van der Waals surface area contributed by atoms with Gasteiger partial charge in [-0.25, -0.2) is 4.98 Å². The first-order valence-corrected chi connectivity index (χ1v) is 6.90. The average Bonchev–Trinajstić information content (AvgIpc) is 2.40. The Morgan fingerprint density at radius 2 is 2.12 bits per heavy atom. The van der Waals surface area contributed by atoms with E-state index in [0.29, 0.717) is 5.41 Å². The van der Waals surface area contributed by atoms with Crippen LogP contribution in [0.3, 0.4) is 0 Å². The molecule has 1 aromatic rings. The molecule has 16 heavy (non-hydrogen) atoms. The lowest BCUT2D eigenvalue weighted by atomic mass is 9.91. The topological polar surface area (TPSA) is 17.8 Å². The maximum absolute atomic E-state index is 4.69. The molecule has 2 nitrogen and oxygen atoms in total. The van der Waals surface area contributed by atoms with E-state index in [1.807, 2.05) is 0 Å². The van der Waals surface area contributed by atoms with Gasteiger partial charge in [-0.15, -0.1) is 0 Å². The quantitative estimate of drug-likeness (QED) is 0.767. The molecule has 1 atom stereocenters. The second kappa shape index (κ2) is 4.17. The van der Waals surface area contributed by atoms with Crippen LogP contribution in [0.25, 0.3) is 0 Å². The van der Waals surface area contributed by atoms with Crippen molar-refractivity contribution in [3.63, 3.8) is 0 Å². The lowest BCUT2D eigenvalue weighted by molar-refractivity contribution is 0.366. The number of rotatable bonds is 1. The summed E-state index contributed by atoms with van der Waals surface area (Å²) >= 11 is 3.61. The van der Waals surface area contributed by atoms with E-state index in [-0.39, 0.29) is 0 Å². The number of hydrogen-bond acceptors (Lipinski definition) is 1. The Morgan fingerprint density at radius 1 is 1.44 bits per heavy atom. The summed E-state index contributed by atoms with van der Waals surface area (Å²) in [6.45, 7) is 10.3. The highest BCUT2D eigenvalue weighted by molar-refractivity contribution is 9.10. The molecule has 1 unspecified atom stereocenters. The van der Waals surface area contributed by atoms with E-state index in [0.717, 1.165) is 29.9 Å². The predicted octanol–water partition coefficient (Wildman–Crippen LogP) is 3.82. The minimum absolute atomic E-state index is 0.310. The van der Waals surface area contributed by atoms with Crippen LogP contribution < -0.4 is 0 Å². The minimum atomic E-state index is 0.310. The third-order valence-corrected chi connectivity index (χ3v) is 3.81. The number of aromatic nitrogens is 2. The Kier molecular flexibility index (Phi) is 3.17. The summed E-state index contributed by atoms with van der Waals surface area (Å²) in [5, 5.41) is 0. The van der Waals surface area contributed by atoms with Crippen LogP contribution in [0.2, 0.25) is 0 Å². The Morgan fingerprint density at radius 3 is 2.75 bits per heavy atom. The van der Waals surface area contributed by atoms with Crippen LogP contribution in [0, 0.1) is 11.3 Å². The molecule has 3 heteroatoms. The Labute approximate surface area is 107 Å². The van der Waals surface area contributed by atoms with E-state index in [1.54, 1.807) is 0 Å². The fourth-order valence-corrected chi connectivity index (χ4v) is 2.94. The first-order chi connectivity index (χ1) is 7.37. The van der Waals surface area contributed by atoms with Gasteiger partial charge in [0, 0.05) is 13.0 Å². The summed E-state index contributed by atoms with van der Waals surface area (Å²) in [4.78, 5) is 4.69. The number of nitrogens with zero attached hydrogens (tertiary/aromatic N) is 2. The van der Waals surface area contributed by atoms with Crippen molar-refractivity contribution in [2.45, 2.75) is 53.5 Å². The molecule has 0 saturated heterocycles. The summed E-state index contributed by atoms with van der Waals surface area (Å²) in [6.07, 6.45) is 3.50. The molecule has 0 aromatic carbocycles. The average molecular weight is 285 g/mol. The highest BCUT2D eigenvalue weighted by Crippen LogP contribution is 2.30. The summed E-state index contributed by atoms with van der Waals surface area (Å²) in [5.74, 6) is 2.05. The SMILES string of the molecule is CC1CCn2c(CC(C)(C)C)nc(Br)c2C1. The van der Waals surface area contributed by atoms with Crippen LogP contribution in [0.4, 0.5) is 0 Å². The van der Waals surface area contributed by atoms with Gasteiger partial charge in [0.2, 0.25) is 0 Å². The van der Waals surface area contributed by atoms with Crippen LogP contribution in [-0.2, 0) is 19.4 Å². The van der Waals surface area contributed by atoms with Gasteiger partial charge in [-0.2, -0.15) is 0 Å². The smallest absolute Gasteiger partial charge is 0.127 e. The zero-order valence-corrected chi connectivity index (χ0v) is 12.3. The van der Waals surface area contributed by atoms with Crippen LogP contribution >= 0.6 is 15.9 Å². The molecule has 0 aliphatic carbocycles. The predicted molar refractivity (Wildman–Crippen MR) is 70.6 cm³/mol. The van der Waals surface area contributed by atoms with Crippen molar-refractivity contribution in [3.05, 3.63) is 16.1 Å². The van der Waals surface area contributed by atoms with E-state index in [1.165, 1.54) is 17.9 Å². The van der Waals surface area contributed by atoms with Gasteiger partial charge in [0.15, 0.2) is 0 Å². The molecule has 0 saturated carbocycles. The molecular weight excluding hydrogens is 264 g/mol. The van der Waals surface area contributed by atoms with Gasteiger partial charge in [0.1, 0.15) is 10.4 Å². The highest BCUT2D eigenvalue weighted by atomic mass is 79.9. The van der Waals surface area contributed by atoms with E-state index < -0.39 is 0 Å². The molecule has 2 rings (SSSR count). The molecule has 2 heterocycles. The van der Waals surface area contributed by atoms with Gasteiger partial charge in [0.05, 0.1) is 5.69 Å². The lowest BCUT2D eigenvalue weighted by Gasteiger charge is -2.24. The third kappa shape index (κ3) is 2.50. The maximum Gasteiger partial charge on any atom is 0.127 e. The first-order valence-electron chi connectivity index (χ1n) is 6.10. The molecule has 0 radical (unpaired) electrons. The van der Waals surface area contributed by atoms with Crippen LogP contribution in [0.1, 0.15) is 45.6 Å². The number of halogens is 1. The molecule has 0 amide bonds. The van der Waals surface area contributed by atoms with Crippen LogP contribution in [0.15, 0.2) is 4.60 Å². The highest BCUT2D eigenvalue weighted by Gasteiger charge is 2.24. The van der Waals surface area contributed by atoms with Crippen molar-refractivity contribution < 1.29 is 0 Å². The van der Waals surface area contributed by atoms with E-state index >= 15 is 0 Å². The van der Waals surface area contributed by atoms with Crippen molar-refractivity contribution in [2.75, 3.05) is 0 Å². The second-order valence-corrected chi connectivity index (χ2v) is 7.00. The Hall–Kier alpha value is -0.310. The van der Waals surface area contributed by atoms with Gasteiger partial charge in [0.25, 0.3) is 0 Å². The standard InChI is InChI=1S/C13H21BrN2/c1-9-5-6-16-10(7-9)12(14)15-11(16)8-13(2,3)4/h9H,5-8H2,1-4H3. The lowest BCUT2D eigenvalue weighted by Crippen LogP contribution is -2.21. The van der Waals surface area contributed by atoms with E-state index in [9.17, 15) is 0 Å². The maximum atomic E-state index is 4.69. The first kappa shape index (κ1) is 12.2. The Bertz CT molecular complexity index is 387. The number of hydrogen-bond donors (Lipinski definition) is 0. The minimum Gasteiger partial charge on any atom is -0.331 e. The van der Waals surface area contributed by atoms with Crippen LogP contribution in [0.5, 0.6) is 0 Å². The zero-order chi connectivity index (χ0) is 11.9. The summed E-state index contributed by atoms with van der Waals surface area (Å²) in [5.41, 5.74) is 1.71. The van der Waals surface area contributed by atoms with E-state index in [2.05, 4.69) is 48.2 Å². The molecule has 0 bridgehead atoms. The largest absolute Gasteiger partial charge is 0.331 e. The van der Waals surface area contributed by atoms with Crippen molar-refractivity contribution >= 4 is 15.9 Å². The summed E-state index contributed by atoms with van der Waals surface area (Å²) < 4.78 is 3.49. The zero-order valence-electron chi connectivity index (χ0n) is 10.7. The van der Waals surface area contributed by atoms with Crippen molar-refractivity contribution in [3.8, 4) is 0 Å². The molecule has 0 N–H and O–H groups in total. The Balaban J connectivity index is 2.31. The second-order valence-electron chi connectivity index (χ2n) is 6.25. The molecule has 0 fully saturated rings. The number of fused-ring (bicyclic) bond motifs is 1. The fraction of sp³-hybridized carbons (Fsp3) is 0.769. The monoisotopic (exact) mass is 284 g/mol. The van der Waals surface area contributed by atoms with Gasteiger partial charge in [-0.3, -0.25) is 0 Å². The third-order valence-electron chi connectivity index (χ3n) is 3.18. The normalized spacial score (nSPS) is 20.9. The van der Waals surface area contributed by atoms with Gasteiger partial charge in [-0.05, 0) is 40.1 Å². The summed E-state index contributed by atoms with van der Waals surface area (Å²) in [6, 6.07) is 0. The fourth-order valence-electron chi connectivity index (χ4n) is 2.35. The van der Waals surface area contributed by atoms with Crippen molar-refractivity contribution in [2.24, 2.45) is 11.3 Å². The molecule has 1 aromatic heterocycles. The molecule has 1 aliphatic rings. The summed E-state index contributed by atoms with van der Waals surface area (Å²) in [7, 11) is 0.